The molecule has 1 N–H and O–H groups in total. The molecule has 2 aromatic heterocycles. The summed E-state index contributed by atoms with van der Waals surface area (Å²) in [5, 5.41) is 9.10. The molecule has 0 saturated carbocycles. The number of hydrogen-bond donors (Lipinski definition) is 1. The van der Waals surface area contributed by atoms with Crippen molar-refractivity contribution in [1.29, 1.82) is 0 Å². The number of anilines is 1. The molecule has 0 aliphatic carbocycles. The number of carboxylic acid groups (broad SMARTS) is 1. The van der Waals surface area contributed by atoms with E-state index < -0.39 is 16.0 Å². The highest BCUT2D eigenvalue weighted by Gasteiger charge is 2.32. The Morgan fingerprint density at radius 2 is 2.00 bits per heavy atom. The summed E-state index contributed by atoms with van der Waals surface area (Å²) >= 11 is 0. The molecule has 7 nitrogen and oxygen atoms in total. The van der Waals surface area contributed by atoms with Gasteiger partial charge < -0.3 is 9.51 Å². The molecule has 3 aromatic rings. The van der Waals surface area contributed by atoms with Crippen LogP contribution in [-0.4, -0.2) is 41.2 Å². The van der Waals surface area contributed by atoms with Crippen LogP contribution in [0.5, 0.6) is 0 Å². The predicted octanol–water partition coefficient (Wildman–Crippen LogP) is 2.41. The van der Waals surface area contributed by atoms with E-state index in [4.69, 9.17) is 5.11 Å². The van der Waals surface area contributed by atoms with E-state index >= 15 is 0 Å². The zero-order valence-corrected chi connectivity index (χ0v) is 15.1. The Labute approximate surface area is 150 Å². The van der Waals surface area contributed by atoms with Gasteiger partial charge in [0, 0.05) is 24.0 Å². The second-order valence-corrected chi connectivity index (χ2v) is 8.43. The fourth-order valence-corrected chi connectivity index (χ4v) is 4.79. The second-order valence-electron chi connectivity index (χ2n) is 6.57. The molecule has 1 atom stereocenters. The number of benzene rings is 1. The van der Waals surface area contributed by atoms with Gasteiger partial charge in [-0.15, -0.1) is 0 Å². The van der Waals surface area contributed by atoms with Crippen LogP contribution in [0.4, 0.5) is 5.69 Å². The summed E-state index contributed by atoms with van der Waals surface area (Å²) in [6.07, 6.45) is 5.16. The number of imidazole rings is 1. The Morgan fingerprint density at radius 1 is 1.23 bits per heavy atom. The molecule has 3 heterocycles. The van der Waals surface area contributed by atoms with Gasteiger partial charge in [0.2, 0.25) is 10.0 Å². The quantitative estimate of drug-likeness (QED) is 0.763. The highest BCUT2D eigenvalue weighted by molar-refractivity contribution is 7.92. The molecule has 0 saturated heterocycles. The highest BCUT2D eigenvalue weighted by Crippen LogP contribution is 2.36. The molecular formula is C18H17N3O4S. The van der Waals surface area contributed by atoms with E-state index in [-0.39, 0.29) is 11.6 Å². The molecule has 1 aliphatic heterocycles. The zero-order valence-electron chi connectivity index (χ0n) is 14.2. The number of carboxylic acids is 1. The number of nitrogens with zero attached hydrogens (tertiary/aromatic N) is 3. The van der Waals surface area contributed by atoms with Crippen LogP contribution in [0, 0.1) is 0 Å². The third-order valence-corrected chi connectivity index (χ3v) is 5.85. The van der Waals surface area contributed by atoms with Crippen LogP contribution in [0.15, 0.2) is 42.7 Å². The molecule has 26 heavy (non-hydrogen) atoms. The van der Waals surface area contributed by atoms with Gasteiger partial charge >= 0.3 is 5.97 Å². The van der Waals surface area contributed by atoms with Crippen molar-refractivity contribution in [2.75, 3.05) is 10.6 Å². The van der Waals surface area contributed by atoms with Crippen molar-refractivity contribution in [3.8, 4) is 11.3 Å². The summed E-state index contributed by atoms with van der Waals surface area (Å²) in [7, 11) is -3.32. The Hall–Kier alpha value is -2.87. The zero-order chi connectivity index (χ0) is 18.6. The minimum atomic E-state index is -3.32. The normalized spacial score (nSPS) is 16.8. The number of rotatable bonds is 3. The summed E-state index contributed by atoms with van der Waals surface area (Å²) in [4.78, 5) is 15.6. The summed E-state index contributed by atoms with van der Waals surface area (Å²) in [5.74, 6) is -0.991. The Kier molecular flexibility index (Phi) is 3.55. The SMILES string of the molecule is CC1Cc2cc(-c3cn4cc(C(=O)O)ccc4n3)ccc2N1S(C)(=O)=O. The largest absolute Gasteiger partial charge is 0.478 e. The average molecular weight is 371 g/mol. The maximum atomic E-state index is 12.0. The number of carbonyl (C=O) groups is 1. The number of pyridine rings is 1. The van der Waals surface area contributed by atoms with Gasteiger partial charge in [-0.05, 0) is 43.2 Å². The fourth-order valence-electron chi connectivity index (χ4n) is 3.52. The molecule has 134 valence electrons. The standard InChI is InChI=1S/C18H17N3O4S/c1-11-7-14-8-12(3-5-16(14)21(11)26(2,24)25)15-10-20-9-13(18(22)23)4-6-17(20)19-15/h3-6,8-11H,7H2,1-2H3,(H,22,23). The smallest absolute Gasteiger partial charge is 0.337 e. The Morgan fingerprint density at radius 3 is 2.69 bits per heavy atom. The number of sulfonamides is 1. The van der Waals surface area contributed by atoms with Crippen molar-refractivity contribution in [3.63, 3.8) is 0 Å². The first-order valence-corrected chi connectivity index (χ1v) is 9.93. The molecule has 1 aliphatic rings. The monoisotopic (exact) mass is 371 g/mol. The molecule has 8 heteroatoms. The summed E-state index contributed by atoms with van der Waals surface area (Å²) in [5.41, 5.74) is 4.08. The Balaban J connectivity index is 1.77. The van der Waals surface area contributed by atoms with Crippen LogP contribution < -0.4 is 4.31 Å². The number of aromatic nitrogens is 2. The third-order valence-electron chi connectivity index (χ3n) is 4.58. The molecule has 0 amide bonds. The molecule has 0 fully saturated rings. The van der Waals surface area contributed by atoms with Crippen LogP contribution in [0.1, 0.15) is 22.8 Å². The lowest BCUT2D eigenvalue weighted by Gasteiger charge is -2.21. The lowest BCUT2D eigenvalue weighted by Crippen LogP contribution is -2.34. The van der Waals surface area contributed by atoms with Gasteiger partial charge in [0.15, 0.2) is 0 Å². The molecule has 1 unspecified atom stereocenters. The fraction of sp³-hybridized carbons (Fsp3) is 0.222. The van der Waals surface area contributed by atoms with Crippen molar-refractivity contribution in [2.24, 2.45) is 0 Å². The molecule has 0 bridgehead atoms. The van der Waals surface area contributed by atoms with Crippen LogP contribution in [-0.2, 0) is 16.4 Å². The predicted molar refractivity (Wildman–Crippen MR) is 98.1 cm³/mol. The van der Waals surface area contributed by atoms with E-state index in [9.17, 15) is 13.2 Å². The lowest BCUT2D eigenvalue weighted by molar-refractivity contribution is 0.0696. The average Bonchev–Trinajstić information content (AvgIpc) is 3.12. The Bertz CT molecular complexity index is 1150. The molecule has 0 radical (unpaired) electrons. The molecule has 0 spiro atoms. The maximum absolute atomic E-state index is 12.0. The number of hydrogen-bond acceptors (Lipinski definition) is 4. The summed E-state index contributed by atoms with van der Waals surface area (Å²) in [6.45, 7) is 1.89. The van der Waals surface area contributed by atoms with E-state index in [0.717, 1.165) is 11.1 Å². The maximum Gasteiger partial charge on any atom is 0.337 e. The summed E-state index contributed by atoms with van der Waals surface area (Å²) < 4.78 is 27.2. The van der Waals surface area contributed by atoms with Gasteiger partial charge in [-0.1, -0.05) is 6.07 Å². The van der Waals surface area contributed by atoms with Crippen LogP contribution in [0.25, 0.3) is 16.9 Å². The molecule has 4 rings (SSSR count). The van der Waals surface area contributed by atoms with Crippen molar-refractivity contribution in [1.82, 2.24) is 9.38 Å². The van der Waals surface area contributed by atoms with Gasteiger partial charge in [0.05, 0.1) is 23.2 Å². The molecular weight excluding hydrogens is 354 g/mol. The van der Waals surface area contributed by atoms with Gasteiger partial charge in [0.1, 0.15) is 5.65 Å². The first-order chi connectivity index (χ1) is 12.2. The summed E-state index contributed by atoms with van der Waals surface area (Å²) in [6, 6.07) is 8.67. The van der Waals surface area contributed by atoms with Crippen LogP contribution >= 0.6 is 0 Å². The van der Waals surface area contributed by atoms with Crippen LogP contribution in [0.3, 0.4) is 0 Å². The first-order valence-electron chi connectivity index (χ1n) is 8.09. The van der Waals surface area contributed by atoms with E-state index in [1.165, 1.54) is 22.8 Å². The topological polar surface area (TPSA) is 92.0 Å². The van der Waals surface area contributed by atoms with Crippen molar-refractivity contribution in [2.45, 2.75) is 19.4 Å². The lowest BCUT2D eigenvalue weighted by atomic mass is 10.1. The highest BCUT2D eigenvalue weighted by atomic mass is 32.2. The van der Waals surface area contributed by atoms with Gasteiger partial charge in [-0.3, -0.25) is 4.31 Å². The van der Waals surface area contributed by atoms with Crippen molar-refractivity contribution in [3.05, 3.63) is 53.9 Å². The second kappa shape index (κ2) is 5.57. The van der Waals surface area contributed by atoms with E-state index in [2.05, 4.69) is 4.98 Å². The number of aromatic carboxylic acids is 1. The van der Waals surface area contributed by atoms with Gasteiger partial charge in [-0.2, -0.15) is 0 Å². The van der Waals surface area contributed by atoms with Gasteiger partial charge in [-0.25, -0.2) is 18.2 Å². The van der Waals surface area contributed by atoms with E-state index in [0.29, 0.717) is 23.4 Å². The van der Waals surface area contributed by atoms with Crippen molar-refractivity contribution < 1.29 is 18.3 Å². The molecule has 1 aromatic carbocycles. The van der Waals surface area contributed by atoms with Crippen molar-refractivity contribution >= 4 is 27.3 Å². The first kappa shape index (κ1) is 16.6. The van der Waals surface area contributed by atoms with E-state index in [1.807, 2.05) is 25.1 Å². The minimum Gasteiger partial charge on any atom is -0.478 e. The van der Waals surface area contributed by atoms with Crippen LogP contribution in [0.2, 0.25) is 0 Å². The van der Waals surface area contributed by atoms with E-state index in [1.54, 1.807) is 16.7 Å². The number of fused-ring (bicyclic) bond motifs is 2. The minimum absolute atomic E-state index is 0.116. The third kappa shape index (κ3) is 2.62. The van der Waals surface area contributed by atoms with Gasteiger partial charge in [0.25, 0.3) is 0 Å².